The number of rotatable bonds is 4. The predicted octanol–water partition coefficient (Wildman–Crippen LogP) is 3.04. The molecule has 14 heavy (non-hydrogen) atoms. The first-order valence-corrected chi connectivity index (χ1v) is 5.04. The molecule has 1 heterocycles. The van der Waals surface area contributed by atoms with Gasteiger partial charge in [-0.25, -0.2) is 4.98 Å². The number of hydrogen-bond donors (Lipinski definition) is 0. The van der Waals surface area contributed by atoms with E-state index in [0.29, 0.717) is 11.8 Å². The van der Waals surface area contributed by atoms with Crippen LogP contribution in [0.3, 0.4) is 0 Å². The average molecular weight is 212 g/mol. The highest BCUT2D eigenvalue weighted by atomic mass is 35.5. The molecule has 0 spiro atoms. The Bertz CT molecular complexity index is 323. The zero-order chi connectivity index (χ0) is 10.4. The normalized spacial score (nSPS) is 10.8. The number of aryl methyl sites for hydroxylation is 1. The minimum Gasteiger partial charge on any atom is -0.481 e. The number of aromatic nitrogens is 1. The molecule has 3 heteroatoms. The van der Waals surface area contributed by atoms with Crippen molar-refractivity contribution in [2.75, 3.05) is 13.0 Å². The molecule has 2 nitrogen and oxygen atoms in total. The van der Waals surface area contributed by atoms with E-state index >= 15 is 0 Å². The minimum absolute atomic E-state index is 0.652. The van der Waals surface area contributed by atoms with Crippen molar-refractivity contribution in [3.63, 3.8) is 0 Å². The van der Waals surface area contributed by atoms with Crippen LogP contribution >= 0.6 is 11.6 Å². The molecule has 0 aliphatic heterocycles. The Balaban J connectivity index is 2.76. The molecule has 0 fully saturated rings. The maximum atomic E-state index is 5.56. The van der Waals surface area contributed by atoms with Gasteiger partial charge >= 0.3 is 0 Å². The first-order chi connectivity index (χ1) is 6.77. The molecule has 1 aromatic heterocycles. The van der Waals surface area contributed by atoms with Crippen LogP contribution in [0, 0.1) is 6.92 Å². The van der Waals surface area contributed by atoms with E-state index in [1.165, 1.54) is 0 Å². The summed E-state index contributed by atoms with van der Waals surface area (Å²) in [6, 6.07) is 2.04. The van der Waals surface area contributed by atoms with E-state index < -0.39 is 0 Å². The van der Waals surface area contributed by atoms with Gasteiger partial charge in [-0.3, -0.25) is 0 Å². The number of hydrogen-bond acceptors (Lipinski definition) is 2. The first-order valence-electron chi connectivity index (χ1n) is 4.51. The summed E-state index contributed by atoms with van der Waals surface area (Å²) in [5.41, 5.74) is 2.12. The summed E-state index contributed by atoms with van der Waals surface area (Å²) in [6.45, 7) is 1.98. The maximum absolute atomic E-state index is 5.56. The highest BCUT2D eigenvalue weighted by Gasteiger charge is 1.98. The van der Waals surface area contributed by atoms with Gasteiger partial charge in [-0.1, -0.05) is 12.2 Å². The van der Waals surface area contributed by atoms with Crippen LogP contribution < -0.4 is 4.74 Å². The Morgan fingerprint density at radius 1 is 1.57 bits per heavy atom. The van der Waals surface area contributed by atoms with Crippen molar-refractivity contribution in [1.82, 2.24) is 4.98 Å². The van der Waals surface area contributed by atoms with Crippen molar-refractivity contribution in [2.45, 2.75) is 13.3 Å². The van der Waals surface area contributed by atoms with Crippen molar-refractivity contribution in [3.8, 4) is 5.88 Å². The molecule has 1 aromatic rings. The van der Waals surface area contributed by atoms with Crippen molar-refractivity contribution in [3.05, 3.63) is 29.5 Å². The largest absolute Gasteiger partial charge is 0.481 e. The number of nitrogens with zero attached hydrogens (tertiary/aromatic N) is 1. The molecule has 0 radical (unpaired) electrons. The Hall–Kier alpha value is -1.02. The van der Waals surface area contributed by atoms with Gasteiger partial charge in [0.15, 0.2) is 0 Å². The van der Waals surface area contributed by atoms with Crippen molar-refractivity contribution >= 4 is 17.7 Å². The highest BCUT2D eigenvalue weighted by molar-refractivity contribution is 6.17. The van der Waals surface area contributed by atoms with Gasteiger partial charge in [-0.05, 0) is 25.0 Å². The van der Waals surface area contributed by atoms with Gasteiger partial charge in [0, 0.05) is 17.6 Å². The lowest BCUT2D eigenvalue weighted by Gasteiger charge is -2.02. The van der Waals surface area contributed by atoms with E-state index in [9.17, 15) is 0 Å². The summed E-state index contributed by atoms with van der Waals surface area (Å²) < 4.78 is 5.07. The Labute approximate surface area is 89.6 Å². The molecule has 0 saturated carbocycles. The molecule has 1 rings (SSSR count). The van der Waals surface area contributed by atoms with Crippen LogP contribution in [0.15, 0.2) is 18.3 Å². The second-order valence-electron chi connectivity index (χ2n) is 2.97. The average Bonchev–Trinajstić information content (AvgIpc) is 2.18. The number of halogens is 1. The fourth-order valence-corrected chi connectivity index (χ4v) is 1.30. The topological polar surface area (TPSA) is 22.1 Å². The third-order valence-electron chi connectivity index (χ3n) is 1.83. The molecule has 0 unspecified atom stereocenters. The summed E-state index contributed by atoms with van der Waals surface area (Å²) in [6.07, 6.45) is 6.72. The van der Waals surface area contributed by atoms with Gasteiger partial charge in [0.25, 0.3) is 0 Å². The van der Waals surface area contributed by atoms with Crippen LogP contribution in [0.4, 0.5) is 0 Å². The lowest BCUT2D eigenvalue weighted by molar-refractivity contribution is 0.394. The fraction of sp³-hybridized carbons (Fsp3) is 0.364. The monoisotopic (exact) mass is 211 g/mol. The van der Waals surface area contributed by atoms with Gasteiger partial charge in [0.05, 0.1) is 7.11 Å². The van der Waals surface area contributed by atoms with Crippen LogP contribution in [0.25, 0.3) is 6.08 Å². The molecule has 0 aromatic carbocycles. The van der Waals surface area contributed by atoms with E-state index in [2.05, 4.69) is 4.98 Å². The summed E-state index contributed by atoms with van der Waals surface area (Å²) in [5.74, 6) is 1.33. The number of allylic oxidation sites excluding steroid dienone is 1. The van der Waals surface area contributed by atoms with Gasteiger partial charge in [0.2, 0.25) is 5.88 Å². The second-order valence-corrected chi connectivity index (χ2v) is 3.35. The fourth-order valence-electron chi connectivity index (χ4n) is 1.17. The van der Waals surface area contributed by atoms with E-state index in [0.717, 1.165) is 17.5 Å². The third-order valence-corrected chi connectivity index (χ3v) is 2.05. The minimum atomic E-state index is 0.652. The number of methoxy groups -OCH3 is 1. The molecular weight excluding hydrogens is 198 g/mol. The zero-order valence-electron chi connectivity index (χ0n) is 8.46. The summed E-state index contributed by atoms with van der Waals surface area (Å²) in [4.78, 5) is 4.17. The van der Waals surface area contributed by atoms with Crippen LogP contribution in [0.2, 0.25) is 0 Å². The number of alkyl halides is 1. The standard InChI is InChI=1S/C11H14ClNO/c1-9-7-10(5-3-4-6-12)8-13-11(9)14-2/h3,5,7-8H,4,6H2,1-2H3. The highest BCUT2D eigenvalue weighted by Crippen LogP contribution is 2.15. The van der Waals surface area contributed by atoms with Crippen LogP contribution in [-0.2, 0) is 0 Å². The van der Waals surface area contributed by atoms with Crippen LogP contribution in [-0.4, -0.2) is 18.0 Å². The van der Waals surface area contributed by atoms with E-state index in [1.807, 2.05) is 25.1 Å². The Kier molecular flexibility index (Phi) is 4.47. The lowest BCUT2D eigenvalue weighted by atomic mass is 10.2. The lowest BCUT2D eigenvalue weighted by Crippen LogP contribution is -1.91. The van der Waals surface area contributed by atoms with Crippen LogP contribution in [0.5, 0.6) is 5.88 Å². The molecule has 0 amide bonds. The van der Waals surface area contributed by atoms with Crippen molar-refractivity contribution in [1.29, 1.82) is 0 Å². The molecule has 0 N–H and O–H groups in total. The van der Waals surface area contributed by atoms with E-state index in [-0.39, 0.29) is 0 Å². The molecule has 0 bridgehead atoms. The summed E-state index contributed by atoms with van der Waals surface area (Å²) in [5, 5.41) is 0. The molecular formula is C11H14ClNO. The molecule has 0 aliphatic carbocycles. The molecule has 0 saturated heterocycles. The number of ether oxygens (including phenoxy) is 1. The van der Waals surface area contributed by atoms with Crippen molar-refractivity contribution < 1.29 is 4.74 Å². The molecule has 0 atom stereocenters. The van der Waals surface area contributed by atoms with E-state index in [4.69, 9.17) is 16.3 Å². The SMILES string of the molecule is COc1ncc(C=CCCCl)cc1C. The second kappa shape index (κ2) is 5.66. The van der Waals surface area contributed by atoms with Gasteiger partial charge < -0.3 is 4.74 Å². The Morgan fingerprint density at radius 3 is 2.93 bits per heavy atom. The molecule has 76 valence electrons. The number of pyridine rings is 1. The maximum Gasteiger partial charge on any atom is 0.215 e. The predicted molar refractivity (Wildman–Crippen MR) is 59.9 cm³/mol. The van der Waals surface area contributed by atoms with Gasteiger partial charge in [0.1, 0.15) is 0 Å². The zero-order valence-corrected chi connectivity index (χ0v) is 9.21. The summed E-state index contributed by atoms with van der Waals surface area (Å²) >= 11 is 5.56. The van der Waals surface area contributed by atoms with Crippen molar-refractivity contribution in [2.24, 2.45) is 0 Å². The van der Waals surface area contributed by atoms with E-state index in [1.54, 1.807) is 13.3 Å². The smallest absolute Gasteiger partial charge is 0.215 e. The first kappa shape index (κ1) is 11.1. The summed E-state index contributed by atoms with van der Waals surface area (Å²) in [7, 11) is 1.62. The van der Waals surface area contributed by atoms with Gasteiger partial charge in [-0.2, -0.15) is 0 Å². The Morgan fingerprint density at radius 2 is 2.36 bits per heavy atom. The van der Waals surface area contributed by atoms with Crippen LogP contribution in [0.1, 0.15) is 17.5 Å². The van der Waals surface area contributed by atoms with Gasteiger partial charge in [-0.15, -0.1) is 11.6 Å². The molecule has 0 aliphatic rings. The third kappa shape index (κ3) is 3.04. The quantitative estimate of drug-likeness (QED) is 0.715.